The Kier molecular flexibility index (Phi) is 4.81. The number of fused-ring (bicyclic) bond motifs is 1. The molecule has 1 N–H and O–H groups in total. The predicted octanol–water partition coefficient (Wildman–Crippen LogP) is 3.40. The first-order chi connectivity index (χ1) is 9.04. The van der Waals surface area contributed by atoms with Crippen LogP contribution in [0.1, 0.15) is 32.8 Å². The first-order valence-electron chi connectivity index (χ1n) is 7.20. The van der Waals surface area contributed by atoms with Gasteiger partial charge in [-0.1, -0.05) is 20.8 Å². The lowest BCUT2D eigenvalue weighted by atomic mass is 10.00. The average Bonchev–Trinajstić information content (AvgIpc) is 2.69. The van der Waals surface area contributed by atoms with Gasteiger partial charge in [-0.3, -0.25) is 0 Å². The molecule has 0 radical (unpaired) electrons. The summed E-state index contributed by atoms with van der Waals surface area (Å²) in [5.74, 6) is 1.94. The highest BCUT2D eigenvalue weighted by Crippen LogP contribution is 2.31. The Morgan fingerprint density at radius 2 is 2.11 bits per heavy atom. The van der Waals surface area contributed by atoms with Gasteiger partial charge in [0.2, 0.25) is 0 Å². The van der Waals surface area contributed by atoms with Crippen LogP contribution in [0.3, 0.4) is 0 Å². The highest BCUT2D eigenvalue weighted by molar-refractivity contribution is 5.37. The van der Waals surface area contributed by atoms with E-state index in [1.54, 1.807) is 12.1 Å². The maximum atomic E-state index is 13.1. The van der Waals surface area contributed by atoms with Gasteiger partial charge >= 0.3 is 0 Å². The molecule has 19 heavy (non-hydrogen) atoms. The van der Waals surface area contributed by atoms with E-state index in [1.165, 1.54) is 6.07 Å². The number of hydrogen-bond donors (Lipinski definition) is 1. The Labute approximate surface area is 115 Å². The van der Waals surface area contributed by atoms with Crippen LogP contribution >= 0.6 is 0 Å². The number of halogens is 1. The monoisotopic (exact) mass is 265 g/mol. The smallest absolute Gasteiger partial charge is 0.123 e. The van der Waals surface area contributed by atoms with Gasteiger partial charge in [-0.05, 0) is 49.5 Å². The SMILES string of the molecule is CC(C)CNCC(C)CC1Cc2cc(F)ccc2O1. The van der Waals surface area contributed by atoms with E-state index < -0.39 is 0 Å². The second-order valence-electron chi connectivity index (χ2n) is 6.09. The summed E-state index contributed by atoms with van der Waals surface area (Å²) in [4.78, 5) is 0. The zero-order chi connectivity index (χ0) is 13.8. The van der Waals surface area contributed by atoms with Crippen molar-refractivity contribution < 1.29 is 9.13 Å². The normalized spacial score (nSPS) is 19.3. The lowest BCUT2D eigenvalue weighted by Crippen LogP contribution is -2.28. The fraction of sp³-hybridized carbons (Fsp3) is 0.625. The molecule has 2 unspecified atom stereocenters. The van der Waals surface area contributed by atoms with Crippen molar-refractivity contribution in [2.75, 3.05) is 13.1 Å². The number of nitrogens with one attached hydrogen (secondary N) is 1. The molecule has 0 aromatic heterocycles. The molecule has 1 aromatic carbocycles. The van der Waals surface area contributed by atoms with Crippen LogP contribution in [-0.4, -0.2) is 19.2 Å². The number of hydrogen-bond acceptors (Lipinski definition) is 2. The van der Waals surface area contributed by atoms with Crippen LogP contribution in [0, 0.1) is 17.7 Å². The molecule has 1 aromatic rings. The quantitative estimate of drug-likeness (QED) is 0.851. The van der Waals surface area contributed by atoms with Crippen molar-refractivity contribution in [2.24, 2.45) is 11.8 Å². The van der Waals surface area contributed by atoms with Crippen LogP contribution in [0.2, 0.25) is 0 Å². The van der Waals surface area contributed by atoms with Crippen molar-refractivity contribution in [3.63, 3.8) is 0 Å². The summed E-state index contributed by atoms with van der Waals surface area (Å²) < 4.78 is 19.0. The van der Waals surface area contributed by atoms with E-state index in [4.69, 9.17) is 4.74 Å². The topological polar surface area (TPSA) is 21.3 Å². The van der Waals surface area contributed by atoms with E-state index in [0.717, 1.165) is 37.2 Å². The summed E-state index contributed by atoms with van der Waals surface area (Å²) in [6, 6.07) is 4.80. The molecule has 106 valence electrons. The summed E-state index contributed by atoms with van der Waals surface area (Å²) in [6.07, 6.45) is 2.05. The van der Waals surface area contributed by atoms with Crippen molar-refractivity contribution in [3.8, 4) is 5.75 Å². The maximum absolute atomic E-state index is 13.1. The van der Waals surface area contributed by atoms with Gasteiger partial charge in [0, 0.05) is 12.0 Å². The fourth-order valence-electron chi connectivity index (χ4n) is 2.57. The zero-order valence-corrected chi connectivity index (χ0v) is 12.1. The van der Waals surface area contributed by atoms with Crippen molar-refractivity contribution >= 4 is 0 Å². The van der Waals surface area contributed by atoms with E-state index in [1.807, 2.05) is 0 Å². The van der Waals surface area contributed by atoms with Crippen molar-refractivity contribution in [1.82, 2.24) is 5.32 Å². The Morgan fingerprint density at radius 1 is 1.32 bits per heavy atom. The molecule has 0 amide bonds. The van der Waals surface area contributed by atoms with E-state index in [0.29, 0.717) is 11.8 Å². The summed E-state index contributed by atoms with van der Waals surface area (Å²) in [5.41, 5.74) is 1.01. The Balaban J connectivity index is 1.77. The number of benzene rings is 1. The van der Waals surface area contributed by atoms with Gasteiger partial charge in [0.1, 0.15) is 17.7 Å². The molecule has 1 aliphatic rings. The average molecular weight is 265 g/mol. The molecule has 0 fully saturated rings. The van der Waals surface area contributed by atoms with Crippen LogP contribution in [0.4, 0.5) is 4.39 Å². The van der Waals surface area contributed by atoms with Crippen LogP contribution in [0.15, 0.2) is 18.2 Å². The molecule has 0 saturated heterocycles. The summed E-state index contributed by atoms with van der Waals surface area (Å²) in [6.45, 7) is 8.73. The maximum Gasteiger partial charge on any atom is 0.123 e. The summed E-state index contributed by atoms with van der Waals surface area (Å²) in [7, 11) is 0. The van der Waals surface area contributed by atoms with Gasteiger partial charge < -0.3 is 10.1 Å². The van der Waals surface area contributed by atoms with Crippen LogP contribution < -0.4 is 10.1 Å². The molecule has 1 heterocycles. The van der Waals surface area contributed by atoms with E-state index >= 15 is 0 Å². The van der Waals surface area contributed by atoms with Crippen molar-refractivity contribution in [3.05, 3.63) is 29.6 Å². The molecule has 1 aliphatic heterocycles. The minimum Gasteiger partial charge on any atom is -0.490 e. The second-order valence-corrected chi connectivity index (χ2v) is 6.09. The van der Waals surface area contributed by atoms with Crippen molar-refractivity contribution in [2.45, 2.75) is 39.7 Å². The molecule has 3 heteroatoms. The summed E-state index contributed by atoms with van der Waals surface area (Å²) in [5, 5.41) is 3.47. The largest absolute Gasteiger partial charge is 0.490 e. The lowest BCUT2D eigenvalue weighted by molar-refractivity contribution is 0.196. The third-order valence-corrected chi connectivity index (χ3v) is 3.47. The van der Waals surface area contributed by atoms with E-state index in [2.05, 4.69) is 26.1 Å². The van der Waals surface area contributed by atoms with E-state index in [9.17, 15) is 4.39 Å². The number of ether oxygens (including phenoxy) is 1. The molecule has 0 saturated carbocycles. The predicted molar refractivity (Wildman–Crippen MR) is 76.0 cm³/mol. The van der Waals surface area contributed by atoms with Gasteiger partial charge in [0.15, 0.2) is 0 Å². The minimum atomic E-state index is -0.172. The first kappa shape index (κ1) is 14.3. The summed E-state index contributed by atoms with van der Waals surface area (Å²) >= 11 is 0. The van der Waals surface area contributed by atoms with Gasteiger partial charge in [0.25, 0.3) is 0 Å². The van der Waals surface area contributed by atoms with Gasteiger partial charge in [-0.2, -0.15) is 0 Å². The first-order valence-corrected chi connectivity index (χ1v) is 7.20. The van der Waals surface area contributed by atoms with Crippen LogP contribution in [0.5, 0.6) is 5.75 Å². The van der Waals surface area contributed by atoms with Crippen LogP contribution in [-0.2, 0) is 6.42 Å². The van der Waals surface area contributed by atoms with Gasteiger partial charge in [-0.15, -0.1) is 0 Å². The molecule has 2 nitrogen and oxygen atoms in total. The Bertz CT molecular complexity index is 419. The van der Waals surface area contributed by atoms with Crippen LogP contribution in [0.25, 0.3) is 0 Å². The molecular weight excluding hydrogens is 241 g/mol. The highest BCUT2D eigenvalue weighted by Gasteiger charge is 2.24. The highest BCUT2D eigenvalue weighted by atomic mass is 19.1. The number of rotatable bonds is 6. The Hall–Kier alpha value is -1.09. The van der Waals surface area contributed by atoms with Gasteiger partial charge in [0.05, 0.1) is 0 Å². The molecular formula is C16H24FNO. The Morgan fingerprint density at radius 3 is 2.84 bits per heavy atom. The van der Waals surface area contributed by atoms with E-state index in [-0.39, 0.29) is 11.9 Å². The molecule has 0 bridgehead atoms. The third kappa shape index (κ3) is 4.20. The molecule has 0 spiro atoms. The zero-order valence-electron chi connectivity index (χ0n) is 12.1. The lowest BCUT2D eigenvalue weighted by Gasteiger charge is -2.18. The molecule has 2 rings (SSSR count). The minimum absolute atomic E-state index is 0.172. The standard InChI is InChI=1S/C16H24FNO/c1-11(2)9-18-10-12(3)6-15-8-13-7-14(17)4-5-16(13)19-15/h4-5,7,11-12,15,18H,6,8-10H2,1-3H3. The second kappa shape index (κ2) is 6.38. The van der Waals surface area contributed by atoms with Crippen molar-refractivity contribution in [1.29, 1.82) is 0 Å². The van der Waals surface area contributed by atoms with Gasteiger partial charge in [-0.25, -0.2) is 4.39 Å². The third-order valence-electron chi connectivity index (χ3n) is 3.47. The molecule has 2 atom stereocenters. The molecule has 0 aliphatic carbocycles. The fourth-order valence-corrected chi connectivity index (χ4v) is 2.57.